The highest BCUT2D eigenvalue weighted by Gasteiger charge is 2.48. The van der Waals surface area contributed by atoms with Crippen LogP contribution in [0, 0.1) is 18.7 Å². The zero-order chi connectivity index (χ0) is 21.6. The molecule has 3 aromatic rings. The number of nitrogens with one attached hydrogen (secondary N) is 1. The van der Waals surface area contributed by atoms with E-state index in [4.69, 9.17) is 11.6 Å². The van der Waals surface area contributed by atoms with E-state index in [1.807, 2.05) is 0 Å². The SMILES string of the molecule is C/C=C1/C[C@H](C(F)(F)F)[C@H](Nc2cc(F)cc3nc(C)ncc23)c2ccc(Cl)cc21. The van der Waals surface area contributed by atoms with Crippen molar-refractivity contribution in [1.82, 2.24) is 9.97 Å². The van der Waals surface area contributed by atoms with E-state index in [1.54, 1.807) is 38.1 Å². The van der Waals surface area contributed by atoms with E-state index in [9.17, 15) is 17.6 Å². The highest BCUT2D eigenvalue weighted by Crippen LogP contribution is 2.50. The van der Waals surface area contributed by atoms with Gasteiger partial charge in [-0.3, -0.25) is 0 Å². The Labute approximate surface area is 175 Å². The summed E-state index contributed by atoms with van der Waals surface area (Å²) in [5.74, 6) is -1.84. The van der Waals surface area contributed by atoms with Gasteiger partial charge >= 0.3 is 6.18 Å². The molecule has 0 saturated heterocycles. The Hall–Kier alpha value is -2.67. The molecule has 30 heavy (non-hydrogen) atoms. The number of halogens is 5. The standard InChI is InChI=1S/C22H18ClF4N3/c1-3-12-6-18(22(25,26)27)21(15-5-4-13(23)7-16(12)15)30-20-9-14(24)8-19-17(20)10-28-11(2)29-19/h3-5,7-10,18,21,30H,6H2,1-2H3/b12-3-/t18-,21+/m0/s1. The molecule has 0 saturated carbocycles. The lowest BCUT2D eigenvalue weighted by molar-refractivity contribution is -0.178. The number of hydrogen-bond acceptors (Lipinski definition) is 3. The quantitative estimate of drug-likeness (QED) is 0.446. The molecule has 0 radical (unpaired) electrons. The van der Waals surface area contributed by atoms with Gasteiger partial charge in [-0.2, -0.15) is 13.2 Å². The van der Waals surface area contributed by atoms with Crippen molar-refractivity contribution in [3.05, 3.63) is 70.4 Å². The van der Waals surface area contributed by atoms with Crippen LogP contribution in [0.15, 0.2) is 42.6 Å². The van der Waals surface area contributed by atoms with Crippen molar-refractivity contribution in [2.75, 3.05) is 5.32 Å². The minimum absolute atomic E-state index is 0.201. The Balaban J connectivity index is 1.89. The van der Waals surface area contributed by atoms with Crippen molar-refractivity contribution in [3.63, 3.8) is 0 Å². The lowest BCUT2D eigenvalue weighted by Gasteiger charge is -2.37. The fourth-order valence-electron chi connectivity index (χ4n) is 4.00. The number of alkyl halides is 3. The molecule has 1 heterocycles. The van der Waals surface area contributed by atoms with Gasteiger partial charge in [-0.25, -0.2) is 14.4 Å². The highest BCUT2D eigenvalue weighted by molar-refractivity contribution is 6.30. The van der Waals surface area contributed by atoms with E-state index in [2.05, 4.69) is 15.3 Å². The van der Waals surface area contributed by atoms with Crippen molar-refractivity contribution >= 4 is 33.8 Å². The Bertz CT molecular complexity index is 1150. The van der Waals surface area contributed by atoms with Crippen LogP contribution in [0.3, 0.4) is 0 Å². The highest BCUT2D eigenvalue weighted by atomic mass is 35.5. The van der Waals surface area contributed by atoms with Crippen LogP contribution in [0.4, 0.5) is 23.2 Å². The maximum Gasteiger partial charge on any atom is 0.394 e. The van der Waals surface area contributed by atoms with Crippen LogP contribution in [0.2, 0.25) is 5.02 Å². The second kappa shape index (κ2) is 7.54. The first-order valence-electron chi connectivity index (χ1n) is 9.38. The summed E-state index contributed by atoms with van der Waals surface area (Å²) in [4.78, 5) is 8.32. The van der Waals surface area contributed by atoms with Crippen LogP contribution in [0.25, 0.3) is 16.5 Å². The molecule has 1 aliphatic rings. The number of rotatable bonds is 2. The minimum Gasteiger partial charge on any atom is -0.377 e. The van der Waals surface area contributed by atoms with E-state index >= 15 is 0 Å². The summed E-state index contributed by atoms with van der Waals surface area (Å²) in [5.41, 5.74) is 2.25. The van der Waals surface area contributed by atoms with Gasteiger partial charge in [0.25, 0.3) is 0 Å². The second-order valence-corrected chi connectivity index (χ2v) is 7.76. The summed E-state index contributed by atoms with van der Waals surface area (Å²) in [7, 11) is 0. The molecule has 2 atom stereocenters. The van der Waals surface area contributed by atoms with Crippen LogP contribution < -0.4 is 5.32 Å². The molecule has 0 fully saturated rings. The number of benzene rings is 2. The van der Waals surface area contributed by atoms with Crippen LogP contribution in [0.5, 0.6) is 0 Å². The number of anilines is 1. The minimum atomic E-state index is -4.46. The third-order valence-corrected chi connectivity index (χ3v) is 5.64. The molecule has 0 aliphatic heterocycles. The molecule has 1 aliphatic carbocycles. The summed E-state index contributed by atoms with van der Waals surface area (Å²) in [6.45, 7) is 3.37. The van der Waals surface area contributed by atoms with E-state index in [0.29, 0.717) is 38.4 Å². The first-order chi connectivity index (χ1) is 14.2. The van der Waals surface area contributed by atoms with Gasteiger partial charge in [0.1, 0.15) is 11.6 Å². The monoisotopic (exact) mass is 435 g/mol. The van der Waals surface area contributed by atoms with E-state index < -0.39 is 24.0 Å². The van der Waals surface area contributed by atoms with Gasteiger partial charge in [0.2, 0.25) is 0 Å². The van der Waals surface area contributed by atoms with Crippen LogP contribution >= 0.6 is 11.6 Å². The molecular weight excluding hydrogens is 418 g/mol. The Morgan fingerprint density at radius 3 is 2.67 bits per heavy atom. The fourth-order valence-corrected chi connectivity index (χ4v) is 4.17. The van der Waals surface area contributed by atoms with Crippen molar-refractivity contribution in [2.24, 2.45) is 5.92 Å². The van der Waals surface area contributed by atoms with Gasteiger partial charge in [0.05, 0.1) is 17.5 Å². The zero-order valence-electron chi connectivity index (χ0n) is 16.2. The first kappa shape index (κ1) is 20.6. The lowest BCUT2D eigenvalue weighted by Crippen LogP contribution is -2.36. The van der Waals surface area contributed by atoms with Crippen molar-refractivity contribution in [3.8, 4) is 0 Å². The summed E-state index contributed by atoms with van der Waals surface area (Å²) in [6.07, 6.45) is -1.49. The maximum absolute atomic E-state index is 14.2. The molecule has 0 bridgehead atoms. The normalized spacial score (nSPS) is 20.4. The number of nitrogens with zero attached hydrogens (tertiary/aromatic N) is 2. The van der Waals surface area contributed by atoms with E-state index in [1.165, 1.54) is 18.3 Å². The van der Waals surface area contributed by atoms with Crippen LogP contribution in [0.1, 0.15) is 36.3 Å². The molecule has 4 rings (SSSR count). The summed E-state index contributed by atoms with van der Waals surface area (Å²) >= 11 is 6.11. The Kier molecular flexibility index (Phi) is 5.18. The number of hydrogen-bond donors (Lipinski definition) is 1. The van der Waals surface area contributed by atoms with Gasteiger partial charge in [-0.05, 0) is 55.2 Å². The summed E-state index contributed by atoms with van der Waals surface area (Å²) in [6, 6.07) is 6.13. The fraction of sp³-hybridized carbons (Fsp3) is 0.273. The summed E-state index contributed by atoms with van der Waals surface area (Å²) < 4.78 is 56.3. The first-order valence-corrected chi connectivity index (χ1v) is 9.76. The smallest absolute Gasteiger partial charge is 0.377 e. The van der Waals surface area contributed by atoms with Crippen molar-refractivity contribution < 1.29 is 17.6 Å². The third kappa shape index (κ3) is 3.74. The average Bonchev–Trinajstić information content (AvgIpc) is 2.66. The molecule has 1 N–H and O–H groups in total. The molecule has 0 amide bonds. The molecule has 8 heteroatoms. The van der Waals surface area contributed by atoms with Crippen LogP contribution in [-0.4, -0.2) is 16.1 Å². The van der Waals surface area contributed by atoms with Gasteiger partial charge in [0, 0.05) is 28.4 Å². The van der Waals surface area contributed by atoms with Crippen molar-refractivity contribution in [1.29, 1.82) is 0 Å². The molecule has 1 aromatic heterocycles. The molecule has 0 spiro atoms. The van der Waals surface area contributed by atoms with Gasteiger partial charge in [-0.1, -0.05) is 23.7 Å². The molecular formula is C22H18ClF4N3. The summed E-state index contributed by atoms with van der Waals surface area (Å²) in [5, 5.41) is 3.85. The van der Waals surface area contributed by atoms with Gasteiger partial charge in [-0.15, -0.1) is 0 Å². The van der Waals surface area contributed by atoms with Crippen molar-refractivity contribution in [2.45, 2.75) is 32.5 Å². The predicted molar refractivity (Wildman–Crippen MR) is 110 cm³/mol. The maximum atomic E-state index is 14.2. The van der Waals surface area contributed by atoms with Crippen LogP contribution in [-0.2, 0) is 0 Å². The van der Waals surface area contributed by atoms with Gasteiger partial charge in [0.15, 0.2) is 0 Å². The predicted octanol–water partition coefficient (Wildman–Crippen LogP) is 6.87. The topological polar surface area (TPSA) is 37.8 Å². The molecule has 156 valence electrons. The number of aryl methyl sites for hydroxylation is 1. The lowest BCUT2D eigenvalue weighted by atomic mass is 9.76. The van der Waals surface area contributed by atoms with Gasteiger partial charge < -0.3 is 5.32 Å². The molecule has 2 aromatic carbocycles. The Morgan fingerprint density at radius 1 is 1.20 bits per heavy atom. The zero-order valence-corrected chi connectivity index (χ0v) is 16.9. The largest absolute Gasteiger partial charge is 0.394 e. The van der Waals surface area contributed by atoms with E-state index in [0.717, 1.165) is 0 Å². The number of fused-ring (bicyclic) bond motifs is 2. The Morgan fingerprint density at radius 2 is 1.97 bits per heavy atom. The third-order valence-electron chi connectivity index (χ3n) is 5.40. The van der Waals surface area contributed by atoms with E-state index in [-0.39, 0.29) is 12.1 Å². The number of allylic oxidation sites excluding steroid dienone is 2. The molecule has 3 nitrogen and oxygen atoms in total. The number of aromatic nitrogens is 2. The molecule has 0 unspecified atom stereocenters. The average molecular weight is 436 g/mol. The second-order valence-electron chi connectivity index (χ2n) is 7.32.